The highest BCUT2D eigenvalue weighted by Crippen LogP contribution is 2.29. The fourth-order valence-corrected chi connectivity index (χ4v) is 1.85. The highest BCUT2D eigenvalue weighted by atomic mass is 35.5. The van der Waals surface area contributed by atoms with Crippen LogP contribution in [0.1, 0.15) is 31.4 Å². The van der Waals surface area contributed by atoms with E-state index in [-0.39, 0.29) is 0 Å². The maximum absolute atomic E-state index is 5.98. The Labute approximate surface area is 96.6 Å². The summed E-state index contributed by atoms with van der Waals surface area (Å²) in [4.78, 5) is 0. The molecule has 0 heterocycles. The Bertz CT molecular complexity index is 314. The van der Waals surface area contributed by atoms with E-state index in [2.05, 4.69) is 12.2 Å². The second-order valence-corrected chi connectivity index (χ2v) is 3.93. The summed E-state index contributed by atoms with van der Waals surface area (Å²) in [6.07, 6.45) is 2.26. The molecule has 0 saturated carbocycles. The van der Waals surface area contributed by atoms with E-state index in [4.69, 9.17) is 16.3 Å². The first kappa shape index (κ1) is 12.3. The van der Waals surface area contributed by atoms with Crippen molar-refractivity contribution in [3.8, 4) is 5.75 Å². The van der Waals surface area contributed by atoms with Crippen LogP contribution in [0.3, 0.4) is 0 Å². The van der Waals surface area contributed by atoms with Gasteiger partial charge in [-0.2, -0.15) is 0 Å². The van der Waals surface area contributed by atoms with E-state index in [0.717, 1.165) is 18.6 Å². The van der Waals surface area contributed by atoms with Crippen molar-refractivity contribution < 1.29 is 4.74 Å². The van der Waals surface area contributed by atoms with Gasteiger partial charge in [-0.3, -0.25) is 0 Å². The maximum atomic E-state index is 5.98. The van der Waals surface area contributed by atoms with Gasteiger partial charge in [0.15, 0.2) is 0 Å². The van der Waals surface area contributed by atoms with Crippen molar-refractivity contribution in [3.63, 3.8) is 0 Å². The first-order valence-electron chi connectivity index (χ1n) is 5.23. The molecule has 0 bridgehead atoms. The summed E-state index contributed by atoms with van der Waals surface area (Å²) < 4.78 is 5.20. The molecule has 3 heteroatoms. The molecular formula is C12H18ClNO. The van der Waals surface area contributed by atoms with Crippen LogP contribution in [0.4, 0.5) is 0 Å². The molecule has 0 fully saturated rings. The average Bonchev–Trinajstić information content (AvgIpc) is 2.27. The molecular weight excluding hydrogens is 210 g/mol. The van der Waals surface area contributed by atoms with E-state index < -0.39 is 0 Å². The van der Waals surface area contributed by atoms with E-state index in [9.17, 15) is 0 Å². The summed E-state index contributed by atoms with van der Waals surface area (Å²) in [6, 6.07) is 6.30. The van der Waals surface area contributed by atoms with Gasteiger partial charge in [0.25, 0.3) is 0 Å². The number of hydrogen-bond donors (Lipinski definition) is 1. The minimum absolute atomic E-state index is 0.376. The van der Waals surface area contributed by atoms with Crippen LogP contribution < -0.4 is 10.1 Å². The zero-order chi connectivity index (χ0) is 11.3. The standard InChI is InChI=1S/C12H18ClNO/c1-4-5-11(14-2)9-6-7-10(13)12(8-9)15-3/h6-8,11,14H,4-5H2,1-3H3. The highest BCUT2D eigenvalue weighted by molar-refractivity contribution is 6.32. The maximum Gasteiger partial charge on any atom is 0.137 e. The Morgan fingerprint density at radius 3 is 2.73 bits per heavy atom. The molecule has 0 spiro atoms. The lowest BCUT2D eigenvalue weighted by atomic mass is 10.0. The Hall–Kier alpha value is -0.730. The van der Waals surface area contributed by atoms with Gasteiger partial charge in [-0.25, -0.2) is 0 Å². The Morgan fingerprint density at radius 2 is 2.20 bits per heavy atom. The van der Waals surface area contributed by atoms with Crippen LogP contribution in [0.2, 0.25) is 5.02 Å². The Balaban J connectivity index is 2.92. The van der Waals surface area contributed by atoms with Crippen LogP contribution >= 0.6 is 11.6 Å². The molecule has 1 aromatic carbocycles. The zero-order valence-corrected chi connectivity index (χ0v) is 10.3. The summed E-state index contributed by atoms with van der Waals surface area (Å²) in [5, 5.41) is 3.95. The molecule has 0 radical (unpaired) electrons. The van der Waals surface area contributed by atoms with E-state index in [1.807, 2.05) is 25.2 Å². The third-order valence-corrected chi connectivity index (χ3v) is 2.82. The number of halogens is 1. The summed E-state index contributed by atoms with van der Waals surface area (Å²) in [7, 11) is 3.61. The first-order valence-corrected chi connectivity index (χ1v) is 5.61. The van der Waals surface area contributed by atoms with Crippen LogP contribution in [-0.2, 0) is 0 Å². The van der Waals surface area contributed by atoms with Crippen molar-refractivity contribution in [1.29, 1.82) is 0 Å². The molecule has 0 aliphatic carbocycles. The lowest BCUT2D eigenvalue weighted by Gasteiger charge is -2.16. The number of rotatable bonds is 5. The molecule has 0 aromatic heterocycles. The normalized spacial score (nSPS) is 12.5. The average molecular weight is 228 g/mol. The largest absolute Gasteiger partial charge is 0.495 e. The Morgan fingerprint density at radius 1 is 1.47 bits per heavy atom. The van der Waals surface area contributed by atoms with Crippen molar-refractivity contribution >= 4 is 11.6 Å². The van der Waals surface area contributed by atoms with Gasteiger partial charge in [-0.15, -0.1) is 0 Å². The minimum Gasteiger partial charge on any atom is -0.495 e. The zero-order valence-electron chi connectivity index (χ0n) is 9.51. The first-order chi connectivity index (χ1) is 7.22. The molecule has 2 nitrogen and oxygen atoms in total. The smallest absolute Gasteiger partial charge is 0.137 e. The lowest BCUT2D eigenvalue weighted by molar-refractivity contribution is 0.413. The minimum atomic E-state index is 0.376. The van der Waals surface area contributed by atoms with Gasteiger partial charge in [0, 0.05) is 6.04 Å². The summed E-state index contributed by atoms with van der Waals surface area (Å²) in [5.74, 6) is 0.741. The molecule has 15 heavy (non-hydrogen) atoms. The van der Waals surface area contributed by atoms with Crippen LogP contribution in [0, 0.1) is 0 Å². The van der Waals surface area contributed by atoms with Crippen molar-refractivity contribution in [1.82, 2.24) is 5.32 Å². The van der Waals surface area contributed by atoms with Crippen molar-refractivity contribution in [2.75, 3.05) is 14.2 Å². The molecule has 1 aromatic rings. The molecule has 1 N–H and O–H groups in total. The second kappa shape index (κ2) is 5.99. The van der Waals surface area contributed by atoms with Gasteiger partial charge in [0.1, 0.15) is 5.75 Å². The Kier molecular flexibility index (Phi) is 4.92. The molecule has 84 valence electrons. The molecule has 0 aliphatic heterocycles. The third kappa shape index (κ3) is 3.11. The van der Waals surface area contributed by atoms with Crippen LogP contribution in [-0.4, -0.2) is 14.2 Å². The number of hydrogen-bond acceptors (Lipinski definition) is 2. The van der Waals surface area contributed by atoms with Gasteiger partial charge in [-0.05, 0) is 31.2 Å². The van der Waals surface area contributed by atoms with Crippen LogP contribution in [0.25, 0.3) is 0 Å². The SMILES string of the molecule is CCCC(NC)c1ccc(Cl)c(OC)c1. The highest BCUT2D eigenvalue weighted by Gasteiger charge is 2.10. The molecule has 0 saturated heterocycles. The summed E-state index contributed by atoms with van der Waals surface area (Å²) in [6.45, 7) is 2.18. The van der Waals surface area contributed by atoms with Gasteiger partial charge < -0.3 is 10.1 Å². The van der Waals surface area contributed by atoms with E-state index in [1.54, 1.807) is 7.11 Å². The fourth-order valence-electron chi connectivity index (χ4n) is 1.66. The summed E-state index contributed by atoms with van der Waals surface area (Å²) >= 11 is 5.98. The predicted octanol–water partition coefficient (Wildman–Crippen LogP) is 3.41. The third-order valence-electron chi connectivity index (χ3n) is 2.50. The molecule has 0 aliphatic rings. The van der Waals surface area contributed by atoms with Crippen molar-refractivity contribution in [2.45, 2.75) is 25.8 Å². The van der Waals surface area contributed by atoms with Gasteiger partial charge in [-0.1, -0.05) is 31.0 Å². The van der Waals surface area contributed by atoms with E-state index in [0.29, 0.717) is 11.1 Å². The predicted molar refractivity (Wildman–Crippen MR) is 64.7 cm³/mol. The number of methoxy groups -OCH3 is 1. The van der Waals surface area contributed by atoms with Gasteiger partial charge in [0.2, 0.25) is 0 Å². The van der Waals surface area contributed by atoms with Gasteiger partial charge >= 0.3 is 0 Å². The topological polar surface area (TPSA) is 21.3 Å². The quantitative estimate of drug-likeness (QED) is 0.833. The second-order valence-electron chi connectivity index (χ2n) is 3.52. The number of nitrogens with one attached hydrogen (secondary N) is 1. The molecule has 1 rings (SSSR count). The van der Waals surface area contributed by atoms with Crippen molar-refractivity contribution in [3.05, 3.63) is 28.8 Å². The van der Waals surface area contributed by atoms with Crippen molar-refractivity contribution in [2.24, 2.45) is 0 Å². The van der Waals surface area contributed by atoms with Crippen LogP contribution in [0.15, 0.2) is 18.2 Å². The monoisotopic (exact) mass is 227 g/mol. The fraction of sp³-hybridized carbons (Fsp3) is 0.500. The van der Waals surface area contributed by atoms with Gasteiger partial charge in [0.05, 0.1) is 12.1 Å². The lowest BCUT2D eigenvalue weighted by Crippen LogP contribution is -2.15. The van der Waals surface area contributed by atoms with Crippen LogP contribution in [0.5, 0.6) is 5.75 Å². The molecule has 1 unspecified atom stereocenters. The number of ether oxygens (including phenoxy) is 1. The number of benzene rings is 1. The van der Waals surface area contributed by atoms with E-state index >= 15 is 0 Å². The molecule has 0 amide bonds. The van der Waals surface area contributed by atoms with E-state index in [1.165, 1.54) is 5.56 Å². The summed E-state index contributed by atoms with van der Waals surface area (Å²) in [5.41, 5.74) is 1.22. The molecule has 1 atom stereocenters.